The average Bonchev–Trinajstić information content (AvgIpc) is 3.28. The quantitative estimate of drug-likeness (QED) is 0.365. The molecule has 2 aromatic heterocycles. The minimum Gasteiger partial charge on any atom is -0.368 e. The van der Waals surface area contributed by atoms with Gasteiger partial charge in [0.15, 0.2) is 5.65 Å². The fraction of sp³-hybridized carbons (Fsp3) is 0.333. The molecule has 4 aromatic rings. The molecule has 1 aliphatic heterocycles. The fourth-order valence-electron chi connectivity index (χ4n) is 4.55. The van der Waals surface area contributed by atoms with Gasteiger partial charge in [-0.15, -0.1) is 5.10 Å². The Morgan fingerprint density at radius 1 is 1.14 bits per heavy atom. The molecule has 2 aromatic carbocycles. The van der Waals surface area contributed by atoms with Crippen molar-refractivity contribution in [3.8, 4) is 0 Å². The van der Waals surface area contributed by atoms with E-state index >= 15 is 0 Å². The maximum Gasteiger partial charge on any atom is 0.281 e. The number of fused-ring (bicyclic) bond motifs is 3. The smallest absolute Gasteiger partial charge is 0.281 e. The number of nitrogens with two attached hydrogens (primary N) is 1. The molecule has 1 aliphatic rings. The van der Waals surface area contributed by atoms with Crippen molar-refractivity contribution in [1.29, 1.82) is 0 Å². The summed E-state index contributed by atoms with van der Waals surface area (Å²) in [4.78, 5) is 31.0. The Hall–Kier alpha value is -3.34. The maximum atomic E-state index is 13.5. The number of H-pyrrole nitrogens is 1. The molecule has 1 atom stereocenters. The monoisotopic (exact) mass is 541 g/mol. The molecule has 194 valence electrons. The van der Waals surface area contributed by atoms with E-state index in [4.69, 9.17) is 5.73 Å². The molecule has 0 bridgehead atoms. The lowest BCUT2D eigenvalue weighted by atomic mass is 10.0. The summed E-state index contributed by atoms with van der Waals surface area (Å²) in [6.45, 7) is 8.57. The largest absolute Gasteiger partial charge is 0.368 e. The van der Waals surface area contributed by atoms with Crippen molar-refractivity contribution in [3.05, 3.63) is 57.9 Å². The van der Waals surface area contributed by atoms with Crippen LogP contribution in [0.3, 0.4) is 0 Å². The topological polar surface area (TPSA) is 147 Å². The van der Waals surface area contributed by atoms with E-state index in [-0.39, 0.29) is 21.5 Å². The van der Waals surface area contributed by atoms with Crippen LogP contribution in [0.2, 0.25) is 0 Å². The Bertz CT molecular complexity index is 1720. The lowest BCUT2D eigenvalue weighted by Crippen LogP contribution is -2.56. The number of sulfone groups is 1. The van der Waals surface area contributed by atoms with Crippen LogP contribution in [0.15, 0.2) is 51.1 Å². The lowest BCUT2D eigenvalue weighted by Gasteiger charge is -2.42. The van der Waals surface area contributed by atoms with Crippen LogP contribution in [0.1, 0.15) is 25.0 Å². The van der Waals surface area contributed by atoms with Crippen molar-refractivity contribution in [2.24, 2.45) is 5.73 Å². The number of anilines is 1. The number of amides is 1. The van der Waals surface area contributed by atoms with Crippen molar-refractivity contribution in [2.75, 3.05) is 24.0 Å². The Balaban J connectivity index is 1.55. The van der Waals surface area contributed by atoms with Crippen molar-refractivity contribution in [1.82, 2.24) is 24.7 Å². The molecule has 1 amide bonds. The molecule has 0 spiro atoms. The average molecular weight is 542 g/mol. The van der Waals surface area contributed by atoms with Crippen LogP contribution in [0.5, 0.6) is 0 Å². The van der Waals surface area contributed by atoms with E-state index in [2.05, 4.69) is 24.9 Å². The van der Waals surface area contributed by atoms with Gasteiger partial charge in [-0.1, -0.05) is 17.7 Å². The highest BCUT2D eigenvalue weighted by Gasteiger charge is 2.35. The second-order valence-electron chi connectivity index (χ2n) is 9.72. The van der Waals surface area contributed by atoms with Crippen LogP contribution in [0.4, 0.5) is 5.69 Å². The van der Waals surface area contributed by atoms with E-state index < -0.39 is 20.9 Å². The summed E-state index contributed by atoms with van der Waals surface area (Å²) in [5.74, 6) is -0.364. The third-order valence-corrected chi connectivity index (χ3v) is 10.1. The molecule has 1 unspecified atom stereocenters. The van der Waals surface area contributed by atoms with Gasteiger partial charge < -0.3 is 10.4 Å². The first-order valence-electron chi connectivity index (χ1n) is 11.7. The number of nitrogens with one attached hydrogen (secondary N) is 1. The number of carbonyl (C=O) groups is 1. The summed E-state index contributed by atoms with van der Waals surface area (Å²) in [7, 11) is -3.67. The first kappa shape index (κ1) is 25.3. The third-order valence-electron chi connectivity index (χ3n) is 6.94. The Kier molecular flexibility index (Phi) is 6.09. The predicted octanol–water partition coefficient (Wildman–Crippen LogP) is 1.96. The number of rotatable bonds is 5. The van der Waals surface area contributed by atoms with Crippen LogP contribution >= 0.6 is 8.73 Å². The highest BCUT2D eigenvalue weighted by atomic mass is 32.2. The van der Waals surface area contributed by atoms with Crippen LogP contribution in [-0.2, 0) is 14.6 Å². The highest BCUT2D eigenvalue weighted by molar-refractivity contribution is 7.91. The standard InChI is InChI=1S/C24H28N7O4PS/c1-14-5-8-19(15(2)11-14)37(34,35)22-20-26-21(32)17-7-6-16(12-18(17)31(20)28-27-22)30-10-9-29(13-36-30)24(3,4)23(25)33/h5-8,11-12,28,36H,9-10,13H2,1-4H3,(H2,25,33). The molecule has 1 fully saturated rings. The number of benzene rings is 2. The van der Waals surface area contributed by atoms with Gasteiger partial charge in [0.05, 0.1) is 21.3 Å². The minimum atomic E-state index is -4.03. The fourth-order valence-corrected chi connectivity index (χ4v) is 7.50. The molecule has 11 nitrogen and oxygen atoms in total. The number of aryl methyl sites for hydroxylation is 2. The first-order valence-corrected chi connectivity index (χ1v) is 14.3. The highest BCUT2D eigenvalue weighted by Crippen LogP contribution is 2.35. The van der Waals surface area contributed by atoms with Gasteiger partial charge in [0, 0.05) is 25.1 Å². The van der Waals surface area contributed by atoms with E-state index in [1.54, 1.807) is 31.2 Å². The predicted molar refractivity (Wildman–Crippen MR) is 143 cm³/mol. The lowest BCUT2D eigenvalue weighted by molar-refractivity contribution is -0.127. The summed E-state index contributed by atoms with van der Waals surface area (Å²) >= 11 is 0. The first-order chi connectivity index (χ1) is 17.4. The molecule has 37 heavy (non-hydrogen) atoms. The number of primary amides is 1. The number of hydrogen-bond donors (Lipinski definition) is 2. The summed E-state index contributed by atoms with van der Waals surface area (Å²) in [6, 6.07) is 10.4. The van der Waals surface area contributed by atoms with E-state index in [9.17, 15) is 18.0 Å². The van der Waals surface area contributed by atoms with Gasteiger partial charge in [0.1, 0.15) is 0 Å². The van der Waals surface area contributed by atoms with Gasteiger partial charge >= 0.3 is 0 Å². The zero-order valence-corrected chi connectivity index (χ0v) is 22.8. The molecule has 0 radical (unpaired) electrons. The van der Waals surface area contributed by atoms with E-state index in [1.807, 2.05) is 32.9 Å². The normalized spacial score (nSPS) is 16.2. The molecule has 3 heterocycles. The SMILES string of the molecule is Cc1ccc(S(=O)(=O)c2n[nH]n3c2nc(=O)c2ccc(N4CCN(C(C)(C)C(N)=O)CP4)cc23)c(C)c1. The molecular weight excluding hydrogens is 513 g/mol. The number of carbonyl (C=O) groups excluding carboxylic acids is 1. The van der Waals surface area contributed by atoms with Crippen molar-refractivity contribution in [3.63, 3.8) is 0 Å². The number of aromatic amines is 1. The molecule has 1 saturated heterocycles. The molecule has 3 N–H and O–H groups in total. The van der Waals surface area contributed by atoms with E-state index in [0.29, 0.717) is 44.6 Å². The zero-order valence-electron chi connectivity index (χ0n) is 20.9. The Labute approximate surface area is 215 Å². The Morgan fingerprint density at radius 3 is 2.54 bits per heavy atom. The molecule has 5 rings (SSSR count). The summed E-state index contributed by atoms with van der Waals surface area (Å²) in [5, 5.41) is 6.87. The van der Waals surface area contributed by atoms with Gasteiger partial charge in [-0.05, 0) is 66.3 Å². The maximum absolute atomic E-state index is 13.5. The third kappa shape index (κ3) is 4.18. The van der Waals surface area contributed by atoms with Crippen molar-refractivity contribution < 1.29 is 13.2 Å². The van der Waals surface area contributed by atoms with Crippen molar-refractivity contribution >= 4 is 46.7 Å². The zero-order chi connectivity index (χ0) is 26.7. The van der Waals surface area contributed by atoms with Crippen LogP contribution < -0.4 is 16.0 Å². The van der Waals surface area contributed by atoms with Crippen LogP contribution in [0.25, 0.3) is 16.6 Å². The molecule has 0 aliphatic carbocycles. The summed E-state index contributed by atoms with van der Waals surface area (Å²) < 4.78 is 30.6. The summed E-state index contributed by atoms with van der Waals surface area (Å²) in [5.41, 5.74) is 7.14. The number of nitrogens with zero attached hydrogens (tertiary/aromatic N) is 5. The second kappa shape index (κ2) is 8.90. The van der Waals surface area contributed by atoms with Gasteiger partial charge in [0.25, 0.3) is 5.56 Å². The van der Waals surface area contributed by atoms with E-state index in [0.717, 1.165) is 11.3 Å². The van der Waals surface area contributed by atoms with Gasteiger partial charge in [-0.3, -0.25) is 14.5 Å². The molecule has 13 heteroatoms. The van der Waals surface area contributed by atoms with Gasteiger partial charge in [-0.25, -0.2) is 18.1 Å². The molecule has 0 saturated carbocycles. The van der Waals surface area contributed by atoms with Crippen LogP contribution in [0, 0.1) is 13.8 Å². The second-order valence-corrected chi connectivity index (χ2v) is 12.7. The molecular formula is C24H28N7O4PS. The summed E-state index contributed by atoms with van der Waals surface area (Å²) in [6.07, 6.45) is 0.669. The Morgan fingerprint density at radius 2 is 1.89 bits per heavy atom. The number of aromatic nitrogens is 4. The van der Waals surface area contributed by atoms with Crippen LogP contribution in [-0.4, -0.2) is 64.0 Å². The van der Waals surface area contributed by atoms with Gasteiger partial charge in [-0.2, -0.15) is 4.98 Å². The number of hydrogen-bond acceptors (Lipinski definition) is 8. The van der Waals surface area contributed by atoms with Gasteiger partial charge in [0.2, 0.25) is 20.8 Å². The minimum absolute atomic E-state index is 0.0508. The van der Waals surface area contributed by atoms with Crippen molar-refractivity contribution in [2.45, 2.75) is 43.2 Å². The van der Waals surface area contributed by atoms with E-state index in [1.165, 1.54) is 4.52 Å².